The van der Waals surface area contributed by atoms with Gasteiger partial charge < -0.3 is 29.7 Å². The topological polar surface area (TPSA) is 128 Å². The average molecular weight is 548 g/mol. The van der Waals surface area contributed by atoms with Crippen LogP contribution in [0.5, 0.6) is 5.75 Å². The number of likely N-dealkylation sites (tertiary alicyclic amines) is 1. The van der Waals surface area contributed by atoms with Gasteiger partial charge in [0.15, 0.2) is 0 Å². The Morgan fingerprint density at radius 1 is 1.10 bits per heavy atom. The van der Waals surface area contributed by atoms with Crippen LogP contribution in [0.3, 0.4) is 0 Å². The first-order chi connectivity index (χ1) is 18.0. The number of nitrogens with two attached hydrogens (primary N) is 1. The van der Waals surface area contributed by atoms with Crippen molar-refractivity contribution in [3.05, 3.63) is 28.6 Å². The van der Waals surface area contributed by atoms with E-state index in [2.05, 4.69) is 0 Å². The molecule has 10 nitrogen and oxygen atoms in total. The molecule has 0 radical (unpaired) electrons. The number of carbonyl (C=O) groups excluding carboxylic acids is 4. The van der Waals surface area contributed by atoms with E-state index in [1.54, 1.807) is 25.7 Å². The summed E-state index contributed by atoms with van der Waals surface area (Å²) in [5, 5.41) is 0. The maximum absolute atomic E-state index is 15.5. The molecule has 1 aromatic rings. The highest BCUT2D eigenvalue weighted by atomic mass is 19.1. The van der Waals surface area contributed by atoms with Gasteiger partial charge in [-0.1, -0.05) is 0 Å². The number of amides is 3. The van der Waals surface area contributed by atoms with Gasteiger partial charge in [0, 0.05) is 36.1 Å². The number of fused-ring (bicyclic) bond motifs is 4. The highest BCUT2D eigenvalue weighted by molar-refractivity contribution is 6.02. The van der Waals surface area contributed by atoms with Crippen LogP contribution in [0.1, 0.15) is 88.7 Å². The van der Waals surface area contributed by atoms with Crippen LogP contribution >= 0.6 is 0 Å². The summed E-state index contributed by atoms with van der Waals surface area (Å²) in [6.45, 7) is 11.7. The van der Waals surface area contributed by atoms with Gasteiger partial charge in [-0.05, 0) is 66.9 Å². The molecule has 0 unspecified atom stereocenters. The van der Waals surface area contributed by atoms with Crippen molar-refractivity contribution in [2.45, 2.75) is 96.4 Å². The van der Waals surface area contributed by atoms with Crippen molar-refractivity contribution >= 4 is 23.9 Å². The molecule has 214 valence electrons. The molecule has 1 aromatic carbocycles. The Balaban J connectivity index is 1.53. The van der Waals surface area contributed by atoms with Gasteiger partial charge >= 0.3 is 12.1 Å². The third-order valence-electron chi connectivity index (χ3n) is 7.32. The van der Waals surface area contributed by atoms with E-state index in [0.717, 1.165) is 0 Å². The van der Waals surface area contributed by atoms with Gasteiger partial charge in [0.25, 0.3) is 5.91 Å². The van der Waals surface area contributed by atoms with E-state index in [1.807, 2.05) is 20.8 Å². The predicted molar refractivity (Wildman–Crippen MR) is 139 cm³/mol. The summed E-state index contributed by atoms with van der Waals surface area (Å²) >= 11 is 0. The second-order valence-electron chi connectivity index (χ2n) is 12.6. The summed E-state index contributed by atoms with van der Waals surface area (Å²) in [5.74, 6) is -2.21. The molecule has 3 aliphatic heterocycles. The number of nitrogens with zero attached hydrogens (tertiary/aromatic N) is 2. The molecular formula is C28H38FN3O7. The standard InChI is InChI=1S/C28H38FN3O7/c1-26(2,3)38-20(33)8-7-19(23(30)34)32-14-16-21(24(32)35)18(29)13-17-22(16)37-15-28(17)9-11-31(12-10-28)25(36)39-27(4,5)6/h13,19H,7-12,14-15H2,1-6H3,(H2,30,34)/t19-/m0/s1. The molecule has 2 N–H and O–H groups in total. The van der Waals surface area contributed by atoms with Gasteiger partial charge in [-0.25, -0.2) is 9.18 Å². The lowest BCUT2D eigenvalue weighted by Gasteiger charge is -2.38. The number of hydrogen-bond acceptors (Lipinski definition) is 7. The molecule has 3 aliphatic rings. The van der Waals surface area contributed by atoms with Crippen LogP contribution in [-0.2, 0) is 31.0 Å². The summed E-state index contributed by atoms with van der Waals surface area (Å²) in [7, 11) is 0. The average Bonchev–Trinajstić information content (AvgIpc) is 3.31. The van der Waals surface area contributed by atoms with E-state index in [0.29, 0.717) is 49.4 Å². The van der Waals surface area contributed by atoms with Crippen LogP contribution in [0.2, 0.25) is 0 Å². The van der Waals surface area contributed by atoms with Gasteiger partial charge in [-0.2, -0.15) is 0 Å². The lowest BCUT2D eigenvalue weighted by Crippen LogP contribution is -2.47. The smallest absolute Gasteiger partial charge is 0.410 e. The van der Waals surface area contributed by atoms with Crippen molar-refractivity contribution < 1.29 is 37.8 Å². The molecule has 1 spiro atoms. The zero-order chi connectivity index (χ0) is 28.9. The van der Waals surface area contributed by atoms with E-state index >= 15 is 4.39 Å². The number of ether oxygens (including phenoxy) is 3. The van der Waals surface area contributed by atoms with Crippen molar-refractivity contribution in [3.8, 4) is 5.75 Å². The zero-order valence-corrected chi connectivity index (χ0v) is 23.5. The van der Waals surface area contributed by atoms with E-state index in [4.69, 9.17) is 19.9 Å². The second kappa shape index (κ2) is 9.98. The highest BCUT2D eigenvalue weighted by Crippen LogP contribution is 2.50. The molecule has 3 heterocycles. The number of primary amides is 1. The molecule has 1 saturated heterocycles. The predicted octanol–water partition coefficient (Wildman–Crippen LogP) is 3.42. The molecule has 1 fully saturated rings. The molecule has 11 heteroatoms. The third-order valence-corrected chi connectivity index (χ3v) is 7.32. The van der Waals surface area contributed by atoms with Gasteiger partial charge in [-0.15, -0.1) is 0 Å². The second-order valence-corrected chi connectivity index (χ2v) is 12.6. The van der Waals surface area contributed by atoms with Gasteiger partial charge in [0.1, 0.15) is 28.8 Å². The van der Waals surface area contributed by atoms with Crippen molar-refractivity contribution in [2.75, 3.05) is 19.7 Å². The molecule has 39 heavy (non-hydrogen) atoms. The van der Waals surface area contributed by atoms with Crippen molar-refractivity contribution in [1.29, 1.82) is 0 Å². The quantitative estimate of drug-likeness (QED) is 0.560. The number of benzene rings is 1. The molecule has 0 aromatic heterocycles. The van der Waals surface area contributed by atoms with Crippen LogP contribution in [0.15, 0.2) is 6.07 Å². The number of rotatable bonds is 5. The van der Waals surface area contributed by atoms with Crippen LogP contribution < -0.4 is 10.5 Å². The van der Waals surface area contributed by atoms with E-state index in [-0.39, 0.29) is 31.0 Å². The molecule has 0 saturated carbocycles. The largest absolute Gasteiger partial charge is 0.492 e. The number of hydrogen-bond donors (Lipinski definition) is 1. The Morgan fingerprint density at radius 2 is 1.72 bits per heavy atom. The normalized spacial score (nSPS) is 18.9. The molecule has 1 atom stereocenters. The van der Waals surface area contributed by atoms with Crippen LogP contribution in [0.25, 0.3) is 0 Å². The van der Waals surface area contributed by atoms with E-state index in [9.17, 15) is 19.2 Å². The third kappa shape index (κ3) is 5.81. The number of carbonyl (C=O) groups is 4. The maximum Gasteiger partial charge on any atom is 0.410 e. The lowest BCUT2D eigenvalue weighted by molar-refractivity contribution is -0.155. The summed E-state index contributed by atoms with van der Waals surface area (Å²) in [6, 6.07) is 0.242. The first-order valence-corrected chi connectivity index (χ1v) is 13.3. The van der Waals surface area contributed by atoms with Crippen molar-refractivity contribution in [3.63, 3.8) is 0 Å². The number of halogens is 1. The first kappa shape index (κ1) is 28.6. The first-order valence-electron chi connectivity index (χ1n) is 13.3. The van der Waals surface area contributed by atoms with Crippen molar-refractivity contribution in [2.24, 2.45) is 5.73 Å². The number of esters is 1. The fraction of sp³-hybridized carbons (Fsp3) is 0.643. The molecular weight excluding hydrogens is 509 g/mol. The minimum atomic E-state index is -1.11. The Bertz CT molecular complexity index is 1190. The fourth-order valence-electron chi connectivity index (χ4n) is 5.51. The van der Waals surface area contributed by atoms with Crippen LogP contribution in [0.4, 0.5) is 9.18 Å². The number of piperidine rings is 1. The van der Waals surface area contributed by atoms with Crippen molar-refractivity contribution in [1.82, 2.24) is 9.80 Å². The monoisotopic (exact) mass is 547 g/mol. The fourth-order valence-corrected chi connectivity index (χ4v) is 5.51. The van der Waals surface area contributed by atoms with Gasteiger partial charge in [0.2, 0.25) is 5.91 Å². The summed E-state index contributed by atoms with van der Waals surface area (Å²) in [6.07, 6.45) is 0.546. The van der Waals surface area contributed by atoms with Crippen LogP contribution in [0, 0.1) is 5.82 Å². The summed E-state index contributed by atoms with van der Waals surface area (Å²) in [5.41, 5.74) is 4.72. The minimum absolute atomic E-state index is 0.0426. The summed E-state index contributed by atoms with van der Waals surface area (Å²) in [4.78, 5) is 53.2. The van der Waals surface area contributed by atoms with Gasteiger partial charge in [0.05, 0.1) is 18.7 Å². The highest BCUT2D eigenvalue weighted by Gasteiger charge is 2.49. The Morgan fingerprint density at radius 3 is 2.28 bits per heavy atom. The molecule has 0 aliphatic carbocycles. The molecule has 0 bridgehead atoms. The SMILES string of the molecule is CC(C)(C)OC(=O)CC[C@@H](C(N)=O)N1Cc2c3c(cc(F)c2C1=O)C1(CCN(C(=O)OC(C)(C)C)CC1)CO3. The lowest BCUT2D eigenvalue weighted by atomic mass is 9.74. The van der Waals surface area contributed by atoms with Crippen LogP contribution in [-0.4, -0.2) is 70.6 Å². The molecule has 3 amide bonds. The molecule has 4 rings (SSSR count). The van der Waals surface area contributed by atoms with E-state index < -0.39 is 46.3 Å². The van der Waals surface area contributed by atoms with E-state index in [1.165, 1.54) is 11.0 Å². The van der Waals surface area contributed by atoms with Gasteiger partial charge in [-0.3, -0.25) is 14.4 Å². The maximum atomic E-state index is 15.5. The Hall–Kier alpha value is -3.37. The Labute approximate surface area is 227 Å². The Kier molecular flexibility index (Phi) is 7.33. The summed E-state index contributed by atoms with van der Waals surface area (Å²) < 4.78 is 32.4. The minimum Gasteiger partial charge on any atom is -0.492 e. The zero-order valence-electron chi connectivity index (χ0n) is 23.5.